The average Bonchev–Trinajstić information content (AvgIpc) is 3.06. The largest absolute Gasteiger partial charge is 0.496 e. The van der Waals surface area contributed by atoms with Crippen LogP contribution < -0.4 is 4.74 Å². The van der Waals surface area contributed by atoms with Crippen molar-refractivity contribution in [1.29, 1.82) is 0 Å². The second-order valence-electron chi connectivity index (χ2n) is 6.23. The normalized spacial score (nSPS) is 36.2. The van der Waals surface area contributed by atoms with E-state index in [1.54, 1.807) is 7.11 Å². The van der Waals surface area contributed by atoms with Gasteiger partial charge in [0.2, 0.25) is 0 Å². The molecule has 5 atom stereocenters. The lowest BCUT2D eigenvalue weighted by Crippen LogP contribution is -2.37. The summed E-state index contributed by atoms with van der Waals surface area (Å²) in [6.07, 6.45) is 0.968. The summed E-state index contributed by atoms with van der Waals surface area (Å²) in [5.41, 5.74) is 1.02. The van der Waals surface area contributed by atoms with Gasteiger partial charge in [-0.3, -0.25) is 0 Å². The fourth-order valence-electron chi connectivity index (χ4n) is 3.18. The van der Waals surface area contributed by atoms with Gasteiger partial charge in [0.25, 0.3) is 0 Å². The molecule has 23 heavy (non-hydrogen) atoms. The van der Waals surface area contributed by atoms with E-state index in [1.165, 1.54) is 0 Å². The molecule has 1 unspecified atom stereocenters. The van der Waals surface area contributed by atoms with Crippen LogP contribution in [0.25, 0.3) is 0 Å². The van der Waals surface area contributed by atoms with Gasteiger partial charge in [-0.15, -0.1) is 0 Å². The molecule has 0 aliphatic carbocycles. The zero-order valence-corrected chi connectivity index (χ0v) is 14.3. The van der Waals surface area contributed by atoms with Crippen LogP contribution in [0.4, 0.5) is 0 Å². The lowest BCUT2D eigenvalue weighted by Gasteiger charge is -2.27. The highest BCUT2D eigenvalue weighted by Gasteiger charge is 2.55. The number of para-hydroxylation sites is 1. The van der Waals surface area contributed by atoms with E-state index >= 15 is 0 Å². The minimum atomic E-state index is -0.583. The molecule has 0 saturated carbocycles. The summed E-state index contributed by atoms with van der Waals surface area (Å²) in [6, 6.07) is 7.88. The van der Waals surface area contributed by atoms with Gasteiger partial charge in [0.1, 0.15) is 18.0 Å². The Morgan fingerprint density at radius 3 is 2.65 bits per heavy atom. The number of ether oxygens (including phenoxy) is 5. The van der Waals surface area contributed by atoms with E-state index < -0.39 is 5.79 Å². The molecule has 2 fully saturated rings. The quantitative estimate of drug-likeness (QED) is 0.804. The van der Waals surface area contributed by atoms with Crippen LogP contribution in [-0.2, 0) is 25.6 Å². The van der Waals surface area contributed by atoms with Gasteiger partial charge in [-0.25, -0.2) is 0 Å². The molecule has 3 rings (SSSR count). The van der Waals surface area contributed by atoms with E-state index in [9.17, 15) is 0 Å². The Labute approximate surface area is 137 Å². The highest BCUT2D eigenvalue weighted by molar-refractivity contribution is 5.32. The number of hydrogen-bond acceptors (Lipinski definition) is 5. The van der Waals surface area contributed by atoms with Crippen LogP contribution in [-0.4, -0.2) is 37.5 Å². The fraction of sp³-hybridized carbons (Fsp3) is 0.667. The molecule has 128 valence electrons. The van der Waals surface area contributed by atoms with Gasteiger partial charge in [0, 0.05) is 5.56 Å². The van der Waals surface area contributed by atoms with Gasteiger partial charge >= 0.3 is 0 Å². The van der Waals surface area contributed by atoms with Crippen LogP contribution >= 0.6 is 0 Å². The van der Waals surface area contributed by atoms with Crippen molar-refractivity contribution in [3.05, 3.63) is 29.8 Å². The number of methoxy groups -OCH3 is 1. The van der Waals surface area contributed by atoms with Crippen molar-refractivity contribution in [3.63, 3.8) is 0 Å². The number of benzene rings is 1. The topological polar surface area (TPSA) is 46.2 Å². The van der Waals surface area contributed by atoms with Crippen LogP contribution in [0.15, 0.2) is 24.3 Å². The van der Waals surface area contributed by atoms with Crippen molar-refractivity contribution in [2.75, 3.05) is 7.11 Å². The maximum absolute atomic E-state index is 6.18. The Kier molecular flexibility index (Phi) is 4.92. The third-order valence-electron chi connectivity index (χ3n) is 4.69. The predicted molar refractivity (Wildman–Crippen MR) is 85.2 cm³/mol. The number of fused-ring (bicyclic) bond motifs is 1. The second kappa shape index (κ2) is 6.77. The molecule has 5 nitrogen and oxygen atoms in total. The first-order valence-corrected chi connectivity index (χ1v) is 8.34. The molecule has 2 aliphatic heterocycles. The van der Waals surface area contributed by atoms with Gasteiger partial charge in [0.05, 0.1) is 19.8 Å². The van der Waals surface area contributed by atoms with Gasteiger partial charge in [0.15, 0.2) is 12.1 Å². The SMILES string of the molecule is CC[C@H]1O[C@@H]2OC(C)(CC)O[C@@H]2[C@H]1OCc1ccccc1OC. The molecule has 0 radical (unpaired) electrons. The van der Waals surface area contributed by atoms with Crippen LogP contribution in [0, 0.1) is 0 Å². The smallest absolute Gasteiger partial charge is 0.190 e. The van der Waals surface area contributed by atoms with E-state index in [1.807, 2.05) is 38.1 Å². The van der Waals surface area contributed by atoms with Crippen molar-refractivity contribution in [3.8, 4) is 5.75 Å². The van der Waals surface area contributed by atoms with Crippen molar-refractivity contribution in [2.45, 2.75) is 70.6 Å². The van der Waals surface area contributed by atoms with Gasteiger partial charge < -0.3 is 23.7 Å². The second-order valence-corrected chi connectivity index (χ2v) is 6.23. The summed E-state index contributed by atoms with van der Waals surface area (Å²) in [5.74, 6) is 0.248. The van der Waals surface area contributed by atoms with E-state index in [2.05, 4.69) is 6.92 Å². The molecule has 0 aromatic heterocycles. The van der Waals surface area contributed by atoms with Crippen LogP contribution in [0.5, 0.6) is 5.75 Å². The summed E-state index contributed by atoms with van der Waals surface area (Å²) in [6.45, 7) is 6.55. The molecule has 5 heteroatoms. The number of rotatable bonds is 6. The molecule has 0 bridgehead atoms. The fourth-order valence-corrected chi connectivity index (χ4v) is 3.18. The van der Waals surface area contributed by atoms with Gasteiger partial charge in [-0.1, -0.05) is 32.0 Å². The highest BCUT2D eigenvalue weighted by Crippen LogP contribution is 2.41. The maximum atomic E-state index is 6.18. The average molecular weight is 322 g/mol. The molecule has 2 saturated heterocycles. The minimum Gasteiger partial charge on any atom is -0.496 e. The summed E-state index contributed by atoms with van der Waals surface area (Å²) in [5, 5.41) is 0. The third kappa shape index (κ3) is 3.24. The zero-order chi connectivity index (χ0) is 16.4. The summed E-state index contributed by atoms with van der Waals surface area (Å²) in [4.78, 5) is 0. The Balaban J connectivity index is 1.70. The van der Waals surface area contributed by atoms with Crippen molar-refractivity contribution < 1.29 is 23.7 Å². The molecule has 1 aromatic rings. The predicted octanol–water partition coefficient (Wildman–Crippen LogP) is 3.26. The third-order valence-corrected chi connectivity index (χ3v) is 4.69. The molecule has 0 amide bonds. The monoisotopic (exact) mass is 322 g/mol. The van der Waals surface area contributed by atoms with Crippen LogP contribution in [0.1, 0.15) is 39.2 Å². The molecule has 1 aromatic carbocycles. The Morgan fingerprint density at radius 1 is 1.17 bits per heavy atom. The standard InChI is InChI=1S/C18H26O5/c1-5-13-15(16-17(21-13)23-18(3,6-2)22-16)20-11-12-9-7-8-10-14(12)19-4/h7-10,13,15-17H,5-6,11H2,1-4H3/t13-,15+,16-,17-,18?/m1/s1. The molecular weight excluding hydrogens is 296 g/mol. The Morgan fingerprint density at radius 2 is 1.96 bits per heavy atom. The van der Waals surface area contributed by atoms with E-state index in [-0.39, 0.29) is 24.6 Å². The lowest BCUT2D eigenvalue weighted by atomic mass is 10.1. The zero-order valence-electron chi connectivity index (χ0n) is 14.3. The van der Waals surface area contributed by atoms with Gasteiger partial charge in [-0.05, 0) is 25.8 Å². The Hall–Kier alpha value is -1.14. The van der Waals surface area contributed by atoms with E-state index in [0.29, 0.717) is 6.61 Å². The molecule has 2 aliphatic rings. The molecule has 2 heterocycles. The van der Waals surface area contributed by atoms with Crippen LogP contribution in [0.3, 0.4) is 0 Å². The van der Waals surface area contributed by atoms with Gasteiger partial charge in [-0.2, -0.15) is 0 Å². The maximum Gasteiger partial charge on any atom is 0.190 e. The molecular formula is C18H26O5. The molecule has 0 N–H and O–H groups in total. The first-order chi connectivity index (χ1) is 11.1. The van der Waals surface area contributed by atoms with Crippen molar-refractivity contribution in [2.24, 2.45) is 0 Å². The summed E-state index contributed by atoms with van der Waals surface area (Å²) in [7, 11) is 1.67. The van der Waals surface area contributed by atoms with E-state index in [0.717, 1.165) is 24.2 Å². The minimum absolute atomic E-state index is 0.0129. The van der Waals surface area contributed by atoms with Crippen molar-refractivity contribution in [1.82, 2.24) is 0 Å². The molecule has 0 spiro atoms. The van der Waals surface area contributed by atoms with E-state index in [4.69, 9.17) is 23.7 Å². The Bertz CT molecular complexity index is 534. The number of hydrogen-bond donors (Lipinski definition) is 0. The van der Waals surface area contributed by atoms with Crippen LogP contribution in [0.2, 0.25) is 0 Å². The summed E-state index contributed by atoms with van der Waals surface area (Å²) >= 11 is 0. The summed E-state index contributed by atoms with van der Waals surface area (Å²) < 4.78 is 29.6. The van der Waals surface area contributed by atoms with Crippen molar-refractivity contribution >= 4 is 0 Å². The first-order valence-electron chi connectivity index (χ1n) is 8.34. The highest BCUT2D eigenvalue weighted by atomic mass is 16.8. The lowest BCUT2D eigenvalue weighted by molar-refractivity contribution is -0.229. The first kappa shape index (κ1) is 16.7.